The number of amides is 1. The van der Waals surface area contributed by atoms with Crippen molar-refractivity contribution < 1.29 is 4.79 Å². The van der Waals surface area contributed by atoms with Gasteiger partial charge in [0.05, 0.1) is 5.92 Å². The first-order chi connectivity index (χ1) is 14.4. The highest BCUT2D eigenvalue weighted by Gasteiger charge is 2.47. The van der Waals surface area contributed by atoms with E-state index in [9.17, 15) is 4.79 Å². The summed E-state index contributed by atoms with van der Waals surface area (Å²) in [6.07, 6.45) is 1.84. The number of hydrogen-bond donors (Lipinski definition) is 1. The number of hydrogen-bond acceptors (Lipinski definition) is 5. The monoisotopic (exact) mass is 416 g/mol. The van der Waals surface area contributed by atoms with Crippen molar-refractivity contribution in [3.63, 3.8) is 0 Å². The molecule has 2 heterocycles. The van der Waals surface area contributed by atoms with Crippen molar-refractivity contribution in [2.45, 2.75) is 18.4 Å². The van der Waals surface area contributed by atoms with Gasteiger partial charge in [0.1, 0.15) is 5.54 Å². The summed E-state index contributed by atoms with van der Waals surface area (Å²) in [6, 6.07) is 20.2. The Hall–Kier alpha value is -3.25. The highest BCUT2D eigenvalue weighted by molar-refractivity contribution is 7.10. The Morgan fingerprint density at radius 1 is 1.13 bits per heavy atom. The molecule has 0 spiro atoms. The van der Waals surface area contributed by atoms with Gasteiger partial charge in [0, 0.05) is 25.2 Å². The molecule has 0 aliphatic carbocycles. The summed E-state index contributed by atoms with van der Waals surface area (Å²) >= 11 is 1.61. The van der Waals surface area contributed by atoms with Crippen molar-refractivity contribution in [1.82, 2.24) is 4.90 Å². The van der Waals surface area contributed by atoms with E-state index in [0.29, 0.717) is 0 Å². The van der Waals surface area contributed by atoms with Crippen LogP contribution in [0.5, 0.6) is 0 Å². The molecule has 0 saturated carbocycles. The standard InChI is InChI=1S/C24H24N4OS/c1-24(20-13-19(15-30-20)18-11-7-8-16(12-18)14-26-2)21(17-9-5-4-6-10-17)22(29)28(3)23(25)27-24/h4-15,21H,1-3H3,(H2,25,27)/t21-,24+/m0/s1. The van der Waals surface area contributed by atoms with Gasteiger partial charge in [0.2, 0.25) is 5.91 Å². The third kappa shape index (κ3) is 3.44. The fraction of sp³-hybridized carbons (Fsp3) is 0.208. The van der Waals surface area contributed by atoms with E-state index in [1.54, 1.807) is 25.4 Å². The van der Waals surface area contributed by atoms with Gasteiger partial charge in [-0.05, 0) is 46.7 Å². The van der Waals surface area contributed by atoms with E-state index in [-0.39, 0.29) is 11.9 Å². The van der Waals surface area contributed by atoms with Crippen LogP contribution in [0.1, 0.15) is 28.8 Å². The zero-order valence-corrected chi connectivity index (χ0v) is 18.1. The van der Waals surface area contributed by atoms with Crippen molar-refractivity contribution in [3.05, 3.63) is 82.0 Å². The molecule has 30 heavy (non-hydrogen) atoms. The molecule has 0 bridgehead atoms. The maximum Gasteiger partial charge on any atom is 0.239 e. The molecule has 1 aliphatic heterocycles. The van der Waals surface area contributed by atoms with Crippen LogP contribution in [0.15, 0.2) is 76.0 Å². The molecule has 1 aromatic heterocycles. The summed E-state index contributed by atoms with van der Waals surface area (Å²) in [6.45, 7) is 2.00. The average Bonchev–Trinajstić information content (AvgIpc) is 3.25. The molecular weight excluding hydrogens is 392 g/mol. The van der Waals surface area contributed by atoms with Crippen LogP contribution < -0.4 is 5.73 Å². The van der Waals surface area contributed by atoms with Crippen LogP contribution in [0.2, 0.25) is 0 Å². The smallest absolute Gasteiger partial charge is 0.239 e. The Morgan fingerprint density at radius 3 is 2.63 bits per heavy atom. The van der Waals surface area contributed by atoms with Crippen LogP contribution in [0, 0.1) is 0 Å². The van der Waals surface area contributed by atoms with E-state index >= 15 is 0 Å². The summed E-state index contributed by atoms with van der Waals surface area (Å²) in [5.74, 6) is -0.251. The van der Waals surface area contributed by atoms with E-state index in [0.717, 1.165) is 27.1 Å². The van der Waals surface area contributed by atoms with Crippen molar-refractivity contribution in [2.75, 3.05) is 14.1 Å². The number of benzene rings is 2. The first-order valence-corrected chi connectivity index (χ1v) is 10.6. The van der Waals surface area contributed by atoms with Crippen molar-refractivity contribution >= 4 is 29.4 Å². The SMILES string of the molecule is CN=Cc1cccc(-c2csc([C@@]3(C)N=C(N)N(C)C(=O)[C@@H]3c3ccccc3)c2)c1. The van der Waals surface area contributed by atoms with Gasteiger partial charge in [-0.3, -0.25) is 14.7 Å². The van der Waals surface area contributed by atoms with Gasteiger partial charge in [0.25, 0.3) is 0 Å². The van der Waals surface area contributed by atoms with Gasteiger partial charge in [-0.2, -0.15) is 0 Å². The molecular formula is C24H24N4OS. The predicted octanol–water partition coefficient (Wildman–Crippen LogP) is 4.25. The summed E-state index contributed by atoms with van der Waals surface area (Å²) in [5.41, 5.74) is 9.54. The number of likely N-dealkylation sites (N-methyl/N-ethyl adjacent to an activating group) is 1. The second-order valence-corrected chi connectivity index (χ2v) is 8.48. The largest absolute Gasteiger partial charge is 0.369 e. The fourth-order valence-electron chi connectivity index (χ4n) is 3.94. The minimum Gasteiger partial charge on any atom is -0.369 e. The summed E-state index contributed by atoms with van der Waals surface area (Å²) < 4.78 is 0. The van der Waals surface area contributed by atoms with E-state index in [4.69, 9.17) is 10.7 Å². The minimum absolute atomic E-state index is 0.0488. The van der Waals surface area contributed by atoms with Crippen LogP contribution in [0.4, 0.5) is 0 Å². The van der Waals surface area contributed by atoms with E-state index < -0.39 is 11.5 Å². The van der Waals surface area contributed by atoms with E-state index in [1.165, 1.54) is 4.90 Å². The van der Waals surface area contributed by atoms with Crippen LogP contribution in [0.25, 0.3) is 11.1 Å². The lowest BCUT2D eigenvalue weighted by Crippen LogP contribution is -2.52. The average molecular weight is 417 g/mol. The van der Waals surface area contributed by atoms with Crippen molar-refractivity contribution in [2.24, 2.45) is 15.7 Å². The number of aliphatic imine (C=N–C) groups is 2. The number of nitrogens with two attached hydrogens (primary N) is 1. The third-order valence-electron chi connectivity index (χ3n) is 5.56. The lowest BCUT2D eigenvalue weighted by Gasteiger charge is -2.40. The Kier molecular flexibility index (Phi) is 5.26. The highest BCUT2D eigenvalue weighted by Crippen LogP contribution is 2.46. The molecule has 152 valence electrons. The van der Waals surface area contributed by atoms with Gasteiger partial charge in [0.15, 0.2) is 5.96 Å². The van der Waals surface area contributed by atoms with Crippen LogP contribution in [0.3, 0.4) is 0 Å². The first kappa shape index (κ1) is 20.0. The van der Waals surface area contributed by atoms with Crippen LogP contribution in [-0.2, 0) is 10.3 Å². The molecule has 2 aromatic carbocycles. The molecule has 0 radical (unpaired) electrons. The molecule has 4 rings (SSSR count). The van der Waals surface area contributed by atoms with E-state index in [2.05, 4.69) is 28.6 Å². The second kappa shape index (κ2) is 7.88. The van der Waals surface area contributed by atoms with Gasteiger partial charge in [-0.15, -0.1) is 11.3 Å². The zero-order valence-electron chi connectivity index (χ0n) is 17.2. The molecule has 3 aromatic rings. The Bertz CT molecular complexity index is 1130. The predicted molar refractivity (Wildman–Crippen MR) is 124 cm³/mol. The lowest BCUT2D eigenvalue weighted by molar-refractivity contribution is -0.130. The molecule has 1 amide bonds. The quantitative estimate of drug-likeness (QED) is 0.646. The topological polar surface area (TPSA) is 71.0 Å². The summed E-state index contributed by atoms with van der Waals surface area (Å²) in [4.78, 5) is 24.6. The van der Waals surface area contributed by atoms with Gasteiger partial charge in [-0.1, -0.05) is 48.5 Å². The summed E-state index contributed by atoms with van der Waals surface area (Å²) in [5, 5.41) is 2.11. The number of rotatable bonds is 4. The molecule has 0 saturated heterocycles. The number of nitrogens with zero attached hydrogens (tertiary/aromatic N) is 3. The molecule has 2 N–H and O–H groups in total. The number of guanidine groups is 1. The molecule has 0 fully saturated rings. The van der Waals surface area contributed by atoms with E-state index in [1.807, 2.05) is 55.6 Å². The zero-order chi connectivity index (χ0) is 21.3. The molecule has 2 atom stereocenters. The molecule has 0 unspecified atom stereocenters. The molecule has 6 heteroatoms. The first-order valence-electron chi connectivity index (χ1n) is 9.73. The Morgan fingerprint density at radius 2 is 1.90 bits per heavy atom. The van der Waals surface area contributed by atoms with Gasteiger partial charge < -0.3 is 5.73 Å². The lowest BCUT2D eigenvalue weighted by atomic mass is 9.77. The highest BCUT2D eigenvalue weighted by atomic mass is 32.1. The fourth-order valence-corrected chi connectivity index (χ4v) is 4.99. The van der Waals surface area contributed by atoms with Crippen LogP contribution >= 0.6 is 11.3 Å². The van der Waals surface area contributed by atoms with Crippen LogP contribution in [-0.4, -0.2) is 37.1 Å². The third-order valence-corrected chi connectivity index (χ3v) is 6.72. The minimum atomic E-state index is -0.777. The molecule has 5 nitrogen and oxygen atoms in total. The number of thiophene rings is 1. The Balaban J connectivity index is 1.81. The van der Waals surface area contributed by atoms with Gasteiger partial charge in [-0.25, -0.2) is 4.99 Å². The molecule has 1 aliphatic rings. The summed E-state index contributed by atoms with van der Waals surface area (Å²) in [7, 11) is 3.44. The second-order valence-electron chi connectivity index (χ2n) is 7.57. The van der Waals surface area contributed by atoms with Crippen molar-refractivity contribution in [1.29, 1.82) is 0 Å². The normalized spacial score (nSPS) is 21.8. The number of carbonyl (C=O) groups is 1. The Labute approximate surface area is 180 Å². The van der Waals surface area contributed by atoms with Gasteiger partial charge >= 0.3 is 0 Å². The maximum atomic E-state index is 13.3. The maximum absolute atomic E-state index is 13.3. The van der Waals surface area contributed by atoms with Crippen molar-refractivity contribution in [3.8, 4) is 11.1 Å². The number of carbonyl (C=O) groups excluding carboxylic acids is 1.